The van der Waals surface area contributed by atoms with Gasteiger partial charge in [0.2, 0.25) is 0 Å². The number of nitrogens with zero attached hydrogens (tertiary/aromatic N) is 2. The van der Waals surface area contributed by atoms with E-state index in [0.29, 0.717) is 12.2 Å². The third kappa shape index (κ3) is 2.44. The number of carbonyl (C=O) groups excluding carboxylic acids is 1. The molecule has 1 amide bonds. The van der Waals surface area contributed by atoms with Crippen LogP contribution in [0.1, 0.15) is 33.3 Å². The zero-order chi connectivity index (χ0) is 13.5. The van der Waals surface area contributed by atoms with Gasteiger partial charge in [-0.1, -0.05) is 0 Å². The van der Waals surface area contributed by atoms with E-state index in [0.717, 1.165) is 11.8 Å². The zero-order valence-corrected chi connectivity index (χ0v) is 11.0. The highest BCUT2D eigenvalue weighted by Crippen LogP contribution is 2.31. The third-order valence-corrected chi connectivity index (χ3v) is 2.68. The number of carbonyl (C=O) groups is 1. The number of hydrogen-bond acceptors (Lipinski definition) is 3. The number of aromatic nitrogens is 1. The SMILES string of the molecule is CC1Cc2cc(F)cnc2N1C(=O)OC(C)(C)C. The Bertz CT molecular complexity index is 482. The summed E-state index contributed by atoms with van der Waals surface area (Å²) in [5.74, 6) is 0.116. The minimum Gasteiger partial charge on any atom is -0.443 e. The number of fused-ring (bicyclic) bond motifs is 1. The largest absolute Gasteiger partial charge is 0.443 e. The van der Waals surface area contributed by atoms with Crippen LogP contribution in [0, 0.1) is 5.82 Å². The lowest BCUT2D eigenvalue weighted by molar-refractivity contribution is 0.0571. The van der Waals surface area contributed by atoms with Gasteiger partial charge in [-0.25, -0.2) is 14.2 Å². The van der Waals surface area contributed by atoms with Crippen LogP contribution in [0.4, 0.5) is 15.0 Å². The molecule has 98 valence electrons. The molecule has 2 rings (SSSR count). The van der Waals surface area contributed by atoms with E-state index in [-0.39, 0.29) is 11.9 Å². The highest BCUT2D eigenvalue weighted by Gasteiger charge is 2.35. The number of halogens is 1. The molecular weight excluding hydrogens is 235 g/mol. The lowest BCUT2D eigenvalue weighted by atomic mass is 10.2. The molecule has 0 radical (unpaired) electrons. The van der Waals surface area contributed by atoms with Crippen molar-refractivity contribution in [2.24, 2.45) is 0 Å². The van der Waals surface area contributed by atoms with Gasteiger partial charge in [0.1, 0.15) is 17.2 Å². The Morgan fingerprint density at radius 2 is 2.22 bits per heavy atom. The van der Waals surface area contributed by atoms with E-state index in [9.17, 15) is 9.18 Å². The maximum atomic E-state index is 13.1. The van der Waals surface area contributed by atoms with Crippen molar-refractivity contribution in [1.82, 2.24) is 4.98 Å². The molecule has 0 saturated heterocycles. The molecule has 0 saturated carbocycles. The summed E-state index contributed by atoms with van der Waals surface area (Å²) in [7, 11) is 0. The van der Waals surface area contributed by atoms with Crippen LogP contribution in [0.25, 0.3) is 0 Å². The average Bonchev–Trinajstić information content (AvgIpc) is 2.50. The minimum atomic E-state index is -0.556. The number of pyridine rings is 1. The van der Waals surface area contributed by atoms with E-state index in [1.807, 2.05) is 27.7 Å². The van der Waals surface area contributed by atoms with Gasteiger partial charge in [-0.05, 0) is 40.2 Å². The molecule has 0 aromatic carbocycles. The topological polar surface area (TPSA) is 42.4 Å². The molecule has 0 aliphatic carbocycles. The maximum Gasteiger partial charge on any atom is 0.416 e. The van der Waals surface area contributed by atoms with Gasteiger partial charge >= 0.3 is 6.09 Å². The van der Waals surface area contributed by atoms with Gasteiger partial charge in [-0.3, -0.25) is 4.90 Å². The number of amides is 1. The van der Waals surface area contributed by atoms with E-state index in [1.165, 1.54) is 11.0 Å². The van der Waals surface area contributed by atoms with Crippen molar-refractivity contribution in [2.75, 3.05) is 4.90 Å². The molecule has 0 fully saturated rings. The smallest absolute Gasteiger partial charge is 0.416 e. The summed E-state index contributed by atoms with van der Waals surface area (Å²) >= 11 is 0. The van der Waals surface area contributed by atoms with Gasteiger partial charge < -0.3 is 4.74 Å². The second-order valence-corrected chi connectivity index (χ2v) is 5.54. The summed E-state index contributed by atoms with van der Waals surface area (Å²) in [5.41, 5.74) is 0.188. The first-order valence-corrected chi connectivity index (χ1v) is 5.94. The van der Waals surface area contributed by atoms with Gasteiger partial charge in [0, 0.05) is 11.6 Å². The van der Waals surface area contributed by atoms with Gasteiger partial charge in [-0.15, -0.1) is 0 Å². The first-order chi connectivity index (χ1) is 8.28. The number of rotatable bonds is 0. The van der Waals surface area contributed by atoms with Gasteiger partial charge in [0.25, 0.3) is 0 Å². The maximum absolute atomic E-state index is 13.1. The molecule has 1 atom stereocenters. The number of ether oxygens (including phenoxy) is 1. The van der Waals surface area contributed by atoms with Crippen molar-refractivity contribution in [3.63, 3.8) is 0 Å². The average molecular weight is 252 g/mol. The molecule has 1 aliphatic rings. The van der Waals surface area contributed by atoms with E-state index in [4.69, 9.17) is 4.74 Å². The molecule has 1 aliphatic heterocycles. The van der Waals surface area contributed by atoms with Crippen LogP contribution in [-0.2, 0) is 11.2 Å². The third-order valence-electron chi connectivity index (χ3n) is 2.68. The van der Waals surface area contributed by atoms with Crippen molar-refractivity contribution in [3.8, 4) is 0 Å². The van der Waals surface area contributed by atoms with Crippen molar-refractivity contribution < 1.29 is 13.9 Å². The summed E-state index contributed by atoms with van der Waals surface area (Å²) in [6.07, 6.45) is 1.28. The monoisotopic (exact) mass is 252 g/mol. The van der Waals surface area contributed by atoms with Crippen LogP contribution in [0.2, 0.25) is 0 Å². The Balaban J connectivity index is 2.28. The first-order valence-electron chi connectivity index (χ1n) is 5.94. The van der Waals surface area contributed by atoms with Gasteiger partial charge in [0.05, 0.1) is 6.20 Å². The van der Waals surface area contributed by atoms with Crippen molar-refractivity contribution in [1.29, 1.82) is 0 Å². The molecule has 4 nitrogen and oxygen atoms in total. The molecule has 5 heteroatoms. The van der Waals surface area contributed by atoms with Crippen LogP contribution in [0.3, 0.4) is 0 Å². The van der Waals surface area contributed by atoms with E-state index in [2.05, 4.69) is 4.98 Å². The first kappa shape index (κ1) is 12.8. The summed E-state index contributed by atoms with van der Waals surface area (Å²) in [6, 6.07) is 1.35. The second-order valence-electron chi connectivity index (χ2n) is 5.54. The fourth-order valence-corrected chi connectivity index (χ4v) is 2.04. The summed E-state index contributed by atoms with van der Waals surface area (Å²) in [5, 5.41) is 0. The predicted molar refractivity (Wildman–Crippen MR) is 66.1 cm³/mol. The lowest BCUT2D eigenvalue weighted by Gasteiger charge is -2.26. The second kappa shape index (κ2) is 4.23. The Hall–Kier alpha value is -1.65. The van der Waals surface area contributed by atoms with Gasteiger partial charge in [-0.2, -0.15) is 0 Å². The summed E-state index contributed by atoms with van der Waals surface area (Å²) in [4.78, 5) is 17.6. The minimum absolute atomic E-state index is 0.0656. The summed E-state index contributed by atoms with van der Waals surface area (Å²) < 4.78 is 18.4. The highest BCUT2D eigenvalue weighted by atomic mass is 19.1. The van der Waals surface area contributed by atoms with Crippen LogP contribution in [0.5, 0.6) is 0 Å². The Morgan fingerprint density at radius 3 is 2.83 bits per heavy atom. The number of hydrogen-bond donors (Lipinski definition) is 0. The van der Waals surface area contributed by atoms with Crippen LogP contribution in [0.15, 0.2) is 12.3 Å². The molecule has 2 heterocycles. The van der Waals surface area contributed by atoms with E-state index in [1.54, 1.807) is 0 Å². The van der Waals surface area contributed by atoms with Crippen molar-refractivity contribution >= 4 is 11.9 Å². The molecular formula is C13H17FN2O2. The molecule has 1 aromatic heterocycles. The zero-order valence-electron chi connectivity index (χ0n) is 11.0. The fraction of sp³-hybridized carbons (Fsp3) is 0.538. The quantitative estimate of drug-likeness (QED) is 0.713. The van der Waals surface area contributed by atoms with Crippen LogP contribution >= 0.6 is 0 Å². The highest BCUT2D eigenvalue weighted by molar-refractivity contribution is 5.89. The Morgan fingerprint density at radius 1 is 1.56 bits per heavy atom. The standard InChI is InChI=1S/C13H17FN2O2/c1-8-5-9-6-10(14)7-15-11(9)16(8)12(17)18-13(2,3)4/h6-8H,5H2,1-4H3. The Labute approximate surface area is 106 Å². The molecule has 0 bridgehead atoms. The molecule has 1 unspecified atom stereocenters. The van der Waals surface area contributed by atoms with Gasteiger partial charge in [0.15, 0.2) is 0 Å². The summed E-state index contributed by atoms with van der Waals surface area (Å²) in [6.45, 7) is 7.32. The predicted octanol–water partition coefficient (Wildman–Crippen LogP) is 2.91. The fourth-order valence-electron chi connectivity index (χ4n) is 2.04. The normalized spacial score (nSPS) is 18.7. The number of anilines is 1. The molecule has 18 heavy (non-hydrogen) atoms. The van der Waals surface area contributed by atoms with Crippen LogP contribution < -0.4 is 4.90 Å². The van der Waals surface area contributed by atoms with E-state index >= 15 is 0 Å². The molecule has 1 aromatic rings. The lowest BCUT2D eigenvalue weighted by Crippen LogP contribution is -2.40. The molecule has 0 spiro atoms. The Kier molecular flexibility index (Phi) is 3.00. The molecule has 0 N–H and O–H groups in total. The van der Waals surface area contributed by atoms with Crippen molar-refractivity contribution in [3.05, 3.63) is 23.6 Å². The van der Waals surface area contributed by atoms with Crippen molar-refractivity contribution in [2.45, 2.75) is 45.8 Å². The van der Waals surface area contributed by atoms with Crippen LogP contribution in [-0.4, -0.2) is 22.7 Å². The van der Waals surface area contributed by atoms with E-state index < -0.39 is 11.7 Å².